The van der Waals surface area contributed by atoms with Gasteiger partial charge in [-0.25, -0.2) is 0 Å². The molecule has 0 bridgehead atoms. The van der Waals surface area contributed by atoms with Gasteiger partial charge in [0.1, 0.15) is 0 Å². The van der Waals surface area contributed by atoms with Gasteiger partial charge in [0.15, 0.2) is 5.16 Å². The van der Waals surface area contributed by atoms with Crippen molar-refractivity contribution in [3.63, 3.8) is 0 Å². The molecule has 7 heteroatoms. The lowest BCUT2D eigenvalue weighted by atomic mass is 10.4. The number of halogens is 1. The van der Waals surface area contributed by atoms with E-state index >= 15 is 0 Å². The summed E-state index contributed by atoms with van der Waals surface area (Å²) >= 11 is 7.42. The molecule has 0 atom stereocenters. The summed E-state index contributed by atoms with van der Waals surface area (Å²) in [5.74, 6) is 1.35. The summed E-state index contributed by atoms with van der Waals surface area (Å²) in [6.07, 6.45) is 2.39. The SMILES string of the molecule is CNc1nc(Sc2ccc(Cl)cc2)nc(N2CCCC2)n1. The van der Waals surface area contributed by atoms with Gasteiger partial charge in [0.25, 0.3) is 0 Å². The molecule has 2 heterocycles. The molecule has 3 rings (SSSR count). The van der Waals surface area contributed by atoms with E-state index in [4.69, 9.17) is 11.6 Å². The Morgan fingerprint density at radius 1 is 1.10 bits per heavy atom. The standard InChI is InChI=1S/C14H16ClN5S/c1-16-12-17-13(20-8-2-3-9-20)19-14(18-12)21-11-6-4-10(15)5-7-11/h4-7H,2-3,8-9H2,1H3,(H,16,17,18,19). The maximum absolute atomic E-state index is 5.91. The summed E-state index contributed by atoms with van der Waals surface area (Å²) in [6.45, 7) is 2.02. The van der Waals surface area contributed by atoms with Gasteiger partial charge in [0, 0.05) is 30.1 Å². The Kier molecular flexibility index (Phi) is 4.45. The van der Waals surface area contributed by atoms with E-state index in [2.05, 4.69) is 25.2 Å². The molecule has 1 aliphatic heterocycles. The zero-order valence-corrected chi connectivity index (χ0v) is 13.3. The van der Waals surface area contributed by atoms with Crippen molar-refractivity contribution in [3.05, 3.63) is 29.3 Å². The van der Waals surface area contributed by atoms with E-state index in [-0.39, 0.29) is 0 Å². The van der Waals surface area contributed by atoms with Crippen molar-refractivity contribution < 1.29 is 0 Å². The van der Waals surface area contributed by atoms with Crippen molar-refractivity contribution in [3.8, 4) is 0 Å². The predicted octanol–water partition coefficient (Wildman–Crippen LogP) is 3.32. The van der Waals surface area contributed by atoms with Crippen LogP contribution in [0.2, 0.25) is 5.02 Å². The minimum atomic E-state index is 0.600. The summed E-state index contributed by atoms with van der Waals surface area (Å²) in [5.41, 5.74) is 0. The van der Waals surface area contributed by atoms with Crippen LogP contribution in [0.1, 0.15) is 12.8 Å². The Bertz CT molecular complexity index is 613. The van der Waals surface area contributed by atoms with Crippen LogP contribution in [0.25, 0.3) is 0 Å². The number of hydrogen-bond donors (Lipinski definition) is 1. The average Bonchev–Trinajstić information content (AvgIpc) is 3.04. The minimum Gasteiger partial charge on any atom is -0.357 e. The monoisotopic (exact) mass is 321 g/mol. The van der Waals surface area contributed by atoms with Crippen molar-refractivity contribution in [2.75, 3.05) is 30.4 Å². The molecule has 0 spiro atoms. The fourth-order valence-corrected chi connectivity index (χ4v) is 3.04. The van der Waals surface area contributed by atoms with E-state index in [9.17, 15) is 0 Å². The van der Waals surface area contributed by atoms with Crippen LogP contribution in [0.3, 0.4) is 0 Å². The molecule has 1 N–H and O–H groups in total. The van der Waals surface area contributed by atoms with E-state index in [1.165, 1.54) is 24.6 Å². The first kappa shape index (κ1) is 14.4. The molecule has 0 aliphatic carbocycles. The summed E-state index contributed by atoms with van der Waals surface area (Å²) in [6, 6.07) is 7.66. The predicted molar refractivity (Wildman–Crippen MR) is 86.4 cm³/mol. The Hall–Kier alpha value is -1.53. The Morgan fingerprint density at radius 3 is 2.48 bits per heavy atom. The molecule has 1 aromatic heterocycles. The van der Waals surface area contributed by atoms with Crippen LogP contribution < -0.4 is 10.2 Å². The number of hydrogen-bond acceptors (Lipinski definition) is 6. The summed E-state index contributed by atoms with van der Waals surface area (Å²) in [4.78, 5) is 16.7. The average molecular weight is 322 g/mol. The number of nitrogens with zero attached hydrogens (tertiary/aromatic N) is 4. The molecule has 1 aliphatic rings. The highest BCUT2D eigenvalue weighted by Crippen LogP contribution is 2.28. The van der Waals surface area contributed by atoms with Gasteiger partial charge >= 0.3 is 0 Å². The third-order valence-corrected chi connectivity index (χ3v) is 4.36. The summed E-state index contributed by atoms with van der Waals surface area (Å²) in [7, 11) is 1.82. The van der Waals surface area contributed by atoms with Crippen LogP contribution in [0.4, 0.5) is 11.9 Å². The fourth-order valence-electron chi connectivity index (χ4n) is 2.17. The molecule has 0 unspecified atom stereocenters. The number of anilines is 2. The fraction of sp³-hybridized carbons (Fsp3) is 0.357. The lowest BCUT2D eigenvalue weighted by molar-refractivity contribution is 0.830. The smallest absolute Gasteiger partial charge is 0.231 e. The number of nitrogens with one attached hydrogen (secondary N) is 1. The van der Waals surface area contributed by atoms with E-state index in [0.717, 1.165) is 29.0 Å². The van der Waals surface area contributed by atoms with Gasteiger partial charge < -0.3 is 10.2 Å². The van der Waals surface area contributed by atoms with Crippen molar-refractivity contribution in [2.24, 2.45) is 0 Å². The Labute approximate surface area is 133 Å². The minimum absolute atomic E-state index is 0.600. The van der Waals surface area contributed by atoms with Crippen LogP contribution >= 0.6 is 23.4 Å². The first-order valence-corrected chi connectivity index (χ1v) is 8.06. The molecule has 5 nitrogen and oxygen atoms in total. The molecule has 0 radical (unpaired) electrons. The third-order valence-electron chi connectivity index (χ3n) is 3.24. The van der Waals surface area contributed by atoms with Gasteiger partial charge in [0.2, 0.25) is 11.9 Å². The van der Waals surface area contributed by atoms with Crippen LogP contribution in [0.5, 0.6) is 0 Å². The highest BCUT2D eigenvalue weighted by atomic mass is 35.5. The number of benzene rings is 1. The quantitative estimate of drug-likeness (QED) is 0.932. The van der Waals surface area contributed by atoms with E-state index in [0.29, 0.717) is 11.1 Å². The first-order valence-electron chi connectivity index (χ1n) is 6.87. The number of aromatic nitrogens is 3. The summed E-state index contributed by atoms with van der Waals surface area (Å²) in [5, 5.41) is 4.42. The number of rotatable bonds is 4. The lowest BCUT2D eigenvalue weighted by Gasteiger charge is -2.16. The van der Waals surface area contributed by atoms with Crippen molar-refractivity contribution in [1.29, 1.82) is 0 Å². The zero-order chi connectivity index (χ0) is 14.7. The molecular weight excluding hydrogens is 306 g/mol. The molecule has 0 saturated carbocycles. The Balaban J connectivity index is 1.86. The van der Waals surface area contributed by atoms with Gasteiger partial charge in [0.05, 0.1) is 0 Å². The maximum atomic E-state index is 5.91. The normalized spacial score (nSPS) is 14.5. The van der Waals surface area contributed by atoms with Crippen LogP contribution in [0, 0.1) is 0 Å². The zero-order valence-electron chi connectivity index (χ0n) is 11.7. The van der Waals surface area contributed by atoms with Gasteiger partial charge in [-0.05, 0) is 48.9 Å². The van der Waals surface area contributed by atoms with E-state index in [1.54, 1.807) is 0 Å². The summed E-state index contributed by atoms with van der Waals surface area (Å²) < 4.78 is 0. The molecule has 1 aromatic carbocycles. The molecule has 1 fully saturated rings. The second kappa shape index (κ2) is 6.49. The molecular formula is C14H16ClN5S. The second-order valence-electron chi connectivity index (χ2n) is 4.74. The van der Waals surface area contributed by atoms with Crippen LogP contribution in [-0.2, 0) is 0 Å². The molecule has 1 saturated heterocycles. The van der Waals surface area contributed by atoms with Gasteiger partial charge in [-0.15, -0.1) is 0 Å². The highest BCUT2D eigenvalue weighted by molar-refractivity contribution is 7.99. The van der Waals surface area contributed by atoms with Crippen LogP contribution in [0.15, 0.2) is 34.3 Å². The van der Waals surface area contributed by atoms with Crippen molar-refractivity contribution in [2.45, 2.75) is 22.9 Å². The van der Waals surface area contributed by atoms with E-state index in [1.807, 2.05) is 31.3 Å². The van der Waals surface area contributed by atoms with Crippen molar-refractivity contribution in [1.82, 2.24) is 15.0 Å². The lowest BCUT2D eigenvalue weighted by Crippen LogP contribution is -2.21. The highest BCUT2D eigenvalue weighted by Gasteiger charge is 2.17. The largest absolute Gasteiger partial charge is 0.357 e. The van der Waals surface area contributed by atoms with Gasteiger partial charge in [-0.1, -0.05) is 11.6 Å². The van der Waals surface area contributed by atoms with Gasteiger partial charge in [-0.2, -0.15) is 15.0 Å². The first-order chi connectivity index (χ1) is 10.2. The molecule has 110 valence electrons. The molecule has 0 amide bonds. The van der Waals surface area contributed by atoms with Crippen molar-refractivity contribution >= 4 is 35.3 Å². The topological polar surface area (TPSA) is 53.9 Å². The van der Waals surface area contributed by atoms with Gasteiger partial charge in [-0.3, -0.25) is 0 Å². The third kappa shape index (κ3) is 3.57. The second-order valence-corrected chi connectivity index (χ2v) is 6.22. The maximum Gasteiger partial charge on any atom is 0.231 e. The van der Waals surface area contributed by atoms with E-state index < -0.39 is 0 Å². The molecule has 21 heavy (non-hydrogen) atoms. The van der Waals surface area contributed by atoms with Crippen LogP contribution in [-0.4, -0.2) is 35.1 Å². The molecule has 2 aromatic rings. The Morgan fingerprint density at radius 2 is 1.81 bits per heavy atom.